The minimum Gasteiger partial charge on any atom is -0.311 e. The van der Waals surface area contributed by atoms with Gasteiger partial charge in [-0.15, -0.1) is 0 Å². The fourth-order valence-electron chi connectivity index (χ4n) is 5.48. The topological polar surface area (TPSA) is 29.0 Å². The van der Waals surface area contributed by atoms with E-state index in [0.717, 1.165) is 5.69 Å². The predicted octanol–water partition coefficient (Wildman–Crippen LogP) is 3.89. The SMILES string of the molecule is C[Si]1(C)c2ccccc2N2c3ccccc3[Si](C)(C)c3cc(-c4cnccn4)cc1c32. The van der Waals surface area contributed by atoms with Gasteiger partial charge in [-0.05, 0) is 32.9 Å². The van der Waals surface area contributed by atoms with Crippen LogP contribution < -0.4 is 25.6 Å². The van der Waals surface area contributed by atoms with Crippen LogP contribution in [0.5, 0.6) is 0 Å². The number of rotatable bonds is 1. The van der Waals surface area contributed by atoms with E-state index in [4.69, 9.17) is 0 Å². The van der Waals surface area contributed by atoms with E-state index in [9.17, 15) is 0 Å². The molecule has 4 aromatic rings. The van der Waals surface area contributed by atoms with Crippen LogP contribution in [-0.4, -0.2) is 26.1 Å². The summed E-state index contributed by atoms with van der Waals surface area (Å²) in [6.45, 7) is 9.98. The zero-order valence-corrected chi connectivity index (χ0v) is 20.3. The highest BCUT2D eigenvalue weighted by molar-refractivity contribution is 7.07. The molecule has 152 valence electrons. The number of benzene rings is 3. The summed E-state index contributed by atoms with van der Waals surface area (Å²) in [4.78, 5) is 11.5. The molecule has 1 aromatic heterocycles. The minimum absolute atomic E-state index is 0.959. The average molecular weight is 436 g/mol. The van der Waals surface area contributed by atoms with Gasteiger partial charge in [0.2, 0.25) is 0 Å². The van der Waals surface area contributed by atoms with E-state index in [-0.39, 0.29) is 0 Å². The Morgan fingerprint density at radius 1 is 0.677 bits per heavy atom. The highest BCUT2D eigenvalue weighted by Crippen LogP contribution is 2.41. The molecule has 0 spiro atoms. The maximum absolute atomic E-state index is 4.65. The molecule has 2 aliphatic heterocycles. The van der Waals surface area contributed by atoms with E-state index in [1.165, 1.54) is 43.4 Å². The summed E-state index contributed by atoms with van der Waals surface area (Å²) >= 11 is 0. The van der Waals surface area contributed by atoms with E-state index < -0.39 is 16.1 Å². The van der Waals surface area contributed by atoms with Crippen molar-refractivity contribution < 1.29 is 0 Å². The molecule has 0 fully saturated rings. The molecule has 0 saturated heterocycles. The number of aromatic nitrogens is 2. The van der Waals surface area contributed by atoms with E-state index >= 15 is 0 Å². The Bertz CT molecular complexity index is 1270. The van der Waals surface area contributed by atoms with Gasteiger partial charge in [0.1, 0.15) is 16.1 Å². The quantitative estimate of drug-likeness (QED) is 0.425. The molecule has 5 heteroatoms. The molecule has 0 aliphatic carbocycles. The fraction of sp³-hybridized carbons (Fsp3) is 0.154. The first-order valence-corrected chi connectivity index (χ1v) is 16.9. The van der Waals surface area contributed by atoms with Crippen molar-refractivity contribution in [1.82, 2.24) is 9.97 Å². The summed E-state index contributed by atoms with van der Waals surface area (Å²) in [5.74, 6) is 0. The van der Waals surface area contributed by atoms with Crippen molar-refractivity contribution in [2.45, 2.75) is 26.2 Å². The zero-order valence-electron chi connectivity index (χ0n) is 18.3. The number of para-hydroxylation sites is 2. The first-order chi connectivity index (χ1) is 14.9. The summed E-state index contributed by atoms with van der Waals surface area (Å²) < 4.78 is 0. The molecule has 0 radical (unpaired) electrons. The van der Waals surface area contributed by atoms with Gasteiger partial charge < -0.3 is 4.90 Å². The normalized spacial score (nSPS) is 16.8. The summed E-state index contributed by atoms with van der Waals surface area (Å²) in [6.07, 6.45) is 5.43. The molecule has 6 rings (SSSR count). The molecule has 3 nitrogen and oxygen atoms in total. The first kappa shape index (κ1) is 18.7. The van der Waals surface area contributed by atoms with Crippen molar-refractivity contribution in [3.05, 3.63) is 79.3 Å². The van der Waals surface area contributed by atoms with Gasteiger partial charge in [0, 0.05) is 35.0 Å². The van der Waals surface area contributed by atoms with Gasteiger partial charge in [0.15, 0.2) is 0 Å². The van der Waals surface area contributed by atoms with Crippen LogP contribution in [0.15, 0.2) is 79.3 Å². The van der Waals surface area contributed by atoms with Crippen molar-refractivity contribution in [2.24, 2.45) is 0 Å². The molecule has 0 amide bonds. The lowest BCUT2D eigenvalue weighted by Gasteiger charge is -2.48. The molecule has 2 aliphatic rings. The van der Waals surface area contributed by atoms with Gasteiger partial charge in [-0.3, -0.25) is 9.97 Å². The second kappa shape index (κ2) is 6.25. The van der Waals surface area contributed by atoms with E-state index in [1.807, 2.05) is 6.20 Å². The van der Waals surface area contributed by atoms with Crippen molar-refractivity contribution >= 4 is 54.0 Å². The Morgan fingerprint density at radius 2 is 1.23 bits per heavy atom. The van der Waals surface area contributed by atoms with Crippen LogP contribution in [0.25, 0.3) is 11.3 Å². The molecule has 3 aromatic carbocycles. The minimum atomic E-state index is -1.90. The van der Waals surface area contributed by atoms with Crippen molar-refractivity contribution in [3.8, 4) is 11.3 Å². The smallest absolute Gasteiger partial charge is 0.117 e. The number of hydrogen-bond donors (Lipinski definition) is 0. The van der Waals surface area contributed by atoms with E-state index in [1.54, 1.807) is 12.4 Å². The molecular weight excluding hydrogens is 410 g/mol. The number of hydrogen-bond acceptors (Lipinski definition) is 3. The standard InChI is InChI=1S/C26H25N3Si2/c1-30(2)22-11-7-5-9-20(22)29-21-10-6-8-12-23(21)31(3,4)25-16-18(15-24(30)26(25)29)19-17-27-13-14-28-19/h5-17H,1-4H3. The lowest BCUT2D eigenvalue weighted by molar-refractivity contribution is 1.20. The van der Waals surface area contributed by atoms with Crippen molar-refractivity contribution in [2.75, 3.05) is 4.90 Å². The Balaban J connectivity index is 1.77. The molecular formula is C26H25N3Si2. The van der Waals surface area contributed by atoms with Gasteiger partial charge in [0.05, 0.1) is 11.9 Å². The Kier molecular flexibility index (Phi) is 3.77. The maximum Gasteiger partial charge on any atom is 0.117 e. The van der Waals surface area contributed by atoms with Gasteiger partial charge in [0.25, 0.3) is 0 Å². The number of fused-ring (bicyclic) bond motifs is 4. The molecule has 3 heterocycles. The second-order valence-corrected chi connectivity index (χ2v) is 18.3. The monoisotopic (exact) mass is 435 g/mol. The lowest BCUT2D eigenvalue weighted by atomic mass is 10.1. The largest absolute Gasteiger partial charge is 0.311 e. The second-order valence-electron chi connectivity index (χ2n) is 9.63. The Hall–Kier alpha value is -3.03. The third kappa shape index (κ3) is 2.44. The first-order valence-electron chi connectivity index (χ1n) is 10.9. The predicted molar refractivity (Wildman–Crippen MR) is 136 cm³/mol. The van der Waals surface area contributed by atoms with Crippen molar-refractivity contribution in [3.63, 3.8) is 0 Å². The van der Waals surface area contributed by atoms with Crippen LogP contribution in [0.3, 0.4) is 0 Å². The molecule has 0 saturated carbocycles. The van der Waals surface area contributed by atoms with E-state index in [2.05, 4.69) is 102 Å². The highest BCUT2D eigenvalue weighted by Gasteiger charge is 2.47. The fourth-order valence-corrected chi connectivity index (χ4v) is 11.6. The number of nitrogens with zero attached hydrogens (tertiary/aromatic N) is 3. The summed E-state index contributed by atoms with van der Waals surface area (Å²) in [5, 5.41) is 6.03. The van der Waals surface area contributed by atoms with Crippen LogP contribution in [0, 0.1) is 0 Å². The van der Waals surface area contributed by atoms with Crippen LogP contribution in [0.1, 0.15) is 0 Å². The van der Waals surface area contributed by atoms with Crippen LogP contribution in [0.2, 0.25) is 26.2 Å². The lowest BCUT2D eigenvalue weighted by Crippen LogP contribution is -2.66. The maximum atomic E-state index is 4.65. The Labute approximate surface area is 185 Å². The van der Waals surface area contributed by atoms with Gasteiger partial charge in [-0.1, -0.05) is 74.7 Å². The third-order valence-electron chi connectivity index (χ3n) is 7.18. The van der Waals surface area contributed by atoms with Crippen LogP contribution in [0.4, 0.5) is 17.1 Å². The van der Waals surface area contributed by atoms with Gasteiger partial charge in [-0.25, -0.2) is 0 Å². The molecule has 0 N–H and O–H groups in total. The molecule has 0 bridgehead atoms. The third-order valence-corrected chi connectivity index (χ3v) is 14.2. The summed E-state index contributed by atoms with van der Waals surface area (Å²) in [5.41, 5.74) is 6.31. The van der Waals surface area contributed by atoms with Gasteiger partial charge >= 0.3 is 0 Å². The highest BCUT2D eigenvalue weighted by atomic mass is 28.3. The zero-order chi connectivity index (χ0) is 21.4. The number of anilines is 3. The average Bonchev–Trinajstić information content (AvgIpc) is 2.79. The summed E-state index contributed by atoms with van der Waals surface area (Å²) in [7, 11) is -3.81. The van der Waals surface area contributed by atoms with E-state index in [0.29, 0.717) is 0 Å². The molecule has 0 atom stereocenters. The molecule has 31 heavy (non-hydrogen) atoms. The van der Waals surface area contributed by atoms with Gasteiger partial charge in [-0.2, -0.15) is 0 Å². The van der Waals surface area contributed by atoms with Crippen molar-refractivity contribution in [1.29, 1.82) is 0 Å². The Morgan fingerprint density at radius 3 is 1.74 bits per heavy atom. The summed E-state index contributed by atoms with van der Waals surface area (Å²) in [6, 6.07) is 22.9. The van der Waals surface area contributed by atoms with Crippen LogP contribution in [-0.2, 0) is 0 Å². The van der Waals surface area contributed by atoms with Crippen LogP contribution >= 0.6 is 0 Å². The molecule has 0 unspecified atom stereocenters.